The van der Waals surface area contributed by atoms with E-state index in [2.05, 4.69) is 5.32 Å². The number of halogens is 1. The lowest BCUT2D eigenvalue weighted by Crippen LogP contribution is -2.13. The van der Waals surface area contributed by atoms with Crippen LogP contribution in [-0.2, 0) is 14.2 Å². The maximum atomic E-state index is 13.2. The minimum Gasteiger partial charge on any atom is -0.385 e. The monoisotopic (exact) mass is 271 g/mol. The van der Waals surface area contributed by atoms with Crippen molar-refractivity contribution in [1.29, 1.82) is 0 Å². The molecular weight excluding hydrogens is 249 g/mol. The van der Waals surface area contributed by atoms with Gasteiger partial charge in [-0.2, -0.15) is 0 Å². The molecule has 4 nitrogen and oxygen atoms in total. The lowest BCUT2D eigenvalue weighted by molar-refractivity contribution is 0.0431. The van der Waals surface area contributed by atoms with E-state index in [1.165, 1.54) is 6.07 Å². The molecule has 0 spiro atoms. The lowest BCUT2D eigenvalue weighted by atomic mass is 10.3. The number of rotatable bonds is 11. The number of nitrogens with one attached hydrogen (secondary N) is 1. The highest BCUT2D eigenvalue weighted by molar-refractivity contribution is 5.44. The summed E-state index contributed by atoms with van der Waals surface area (Å²) in [5.74, 6) is -0.246. The Morgan fingerprint density at radius 1 is 1.00 bits per heavy atom. The summed E-state index contributed by atoms with van der Waals surface area (Å²) < 4.78 is 28.8. The number of ether oxygens (including phenoxy) is 3. The number of methoxy groups -OCH3 is 1. The van der Waals surface area contributed by atoms with Gasteiger partial charge >= 0.3 is 0 Å². The van der Waals surface area contributed by atoms with E-state index in [1.54, 1.807) is 25.3 Å². The molecule has 0 saturated carbocycles. The first-order valence-electron chi connectivity index (χ1n) is 6.47. The molecule has 0 aliphatic carbocycles. The summed E-state index contributed by atoms with van der Waals surface area (Å²) >= 11 is 0. The normalized spacial score (nSPS) is 10.6. The maximum absolute atomic E-state index is 13.2. The maximum Gasteiger partial charge on any atom is 0.146 e. The summed E-state index contributed by atoms with van der Waals surface area (Å²) in [6.45, 7) is 3.62. The molecule has 0 aliphatic rings. The Balaban J connectivity index is 1.90. The number of hydrogen-bond acceptors (Lipinski definition) is 4. The van der Waals surface area contributed by atoms with Crippen molar-refractivity contribution in [3.05, 3.63) is 30.1 Å². The second-order valence-electron chi connectivity index (χ2n) is 3.98. The molecule has 0 aliphatic heterocycles. The fraction of sp³-hybridized carbons (Fsp3) is 0.571. The minimum atomic E-state index is -0.246. The first-order chi connectivity index (χ1) is 9.34. The zero-order valence-electron chi connectivity index (χ0n) is 11.4. The third kappa shape index (κ3) is 7.77. The number of benzene rings is 1. The molecule has 0 fully saturated rings. The molecule has 0 saturated heterocycles. The standard InChI is InChI=1S/C14H22FNO3/c1-17-8-4-9-18-11-12-19-10-7-16-14-6-3-2-5-13(14)15/h2-3,5-6,16H,4,7-12H2,1H3. The average Bonchev–Trinajstić information content (AvgIpc) is 2.43. The second kappa shape index (κ2) is 10.7. The van der Waals surface area contributed by atoms with Crippen LogP contribution < -0.4 is 5.32 Å². The molecule has 0 bridgehead atoms. The Morgan fingerprint density at radius 3 is 2.47 bits per heavy atom. The quantitative estimate of drug-likeness (QED) is 0.627. The van der Waals surface area contributed by atoms with Crippen LogP contribution in [0.15, 0.2) is 24.3 Å². The van der Waals surface area contributed by atoms with Crippen molar-refractivity contribution in [3.8, 4) is 0 Å². The molecule has 19 heavy (non-hydrogen) atoms. The summed E-state index contributed by atoms with van der Waals surface area (Å²) in [5.41, 5.74) is 0.502. The molecule has 0 unspecified atom stereocenters. The van der Waals surface area contributed by atoms with Crippen molar-refractivity contribution in [1.82, 2.24) is 0 Å². The van der Waals surface area contributed by atoms with E-state index in [0.29, 0.717) is 45.3 Å². The molecule has 0 heterocycles. The first-order valence-corrected chi connectivity index (χ1v) is 6.47. The van der Waals surface area contributed by atoms with E-state index in [4.69, 9.17) is 14.2 Å². The van der Waals surface area contributed by atoms with Crippen molar-refractivity contribution in [3.63, 3.8) is 0 Å². The Labute approximate surface area is 113 Å². The van der Waals surface area contributed by atoms with Crippen LogP contribution in [0.4, 0.5) is 10.1 Å². The molecular formula is C14H22FNO3. The summed E-state index contributed by atoms with van der Waals surface area (Å²) in [4.78, 5) is 0. The third-order valence-electron chi connectivity index (χ3n) is 2.44. The highest BCUT2D eigenvalue weighted by atomic mass is 19.1. The van der Waals surface area contributed by atoms with Crippen LogP contribution in [0.25, 0.3) is 0 Å². The van der Waals surface area contributed by atoms with Gasteiger partial charge in [0.2, 0.25) is 0 Å². The van der Waals surface area contributed by atoms with Crippen LogP contribution in [-0.4, -0.2) is 46.7 Å². The van der Waals surface area contributed by atoms with Gasteiger partial charge in [-0.25, -0.2) is 4.39 Å². The van der Waals surface area contributed by atoms with Gasteiger partial charge in [0, 0.05) is 26.9 Å². The topological polar surface area (TPSA) is 39.7 Å². The van der Waals surface area contributed by atoms with Crippen LogP contribution in [0.1, 0.15) is 6.42 Å². The van der Waals surface area contributed by atoms with E-state index in [-0.39, 0.29) is 5.82 Å². The van der Waals surface area contributed by atoms with E-state index >= 15 is 0 Å². The molecule has 0 amide bonds. The molecule has 1 aromatic carbocycles. The zero-order chi connectivity index (χ0) is 13.8. The van der Waals surface area contributed by atoms with Crippen LogP contribution in [0, 0.1) is 5.82 Å². The fourth-order valence-electron chi connectivity index (χ4n) is 1.49. The van der Waals surface area contributed by atoms with Crippen molar-refractivity contribution >= 4 is 5.69 Å². The molecule has 0 atom stereocenters. The van der Waals surface area contributed by atoms with Gasteiger partial charge in [0.25, 0.3) is 0 Å². The van der Waals surface area contributed by atoms with Crippen molar-refractivity contribution < 1.29 is 18.6 Å². The summed E-state index contributed by atoms with van der Waals surface area (Å²) in [6, 6.07) is 6.59. The second-order valence-corrected chi connectivity index (χ2v) is 3.98. The fourth-order valence-corrected chi connectivity index (χ4v) is 1.49. The van der Waals surface area contributed by atoms with Gasteiger partial charge in [-0.15, -0.1) is 0 Å². The predicted molar refractivity (Wildman–Crippen MR) is 73.0 cm³/mol. The minimum absolute atomic E-state index is 0.246. The average molecular weight is 271 g/mol. The van der Waals surface area contributed by atoms with Crippen molar-refractivity contribution in [2.24, 2.45) is 0 Å². The molecule has 0 aromatic heterocycles. The molecule has 5 heteroatoms. The SMILES string of the molecule is COCCCOCCOCCNc1ccccc1F. The van der Waals surface area contributed by atoms with Gasteiger partial charge < -0.3 is 19.5 Å². The van der Waals surface area contributed by atoms with Crippen LogP contribution in [0.5, 0.6) is 0 Å². The Bertz CT molecular complexity index is 336. The Kier molecular flexibility index (Phi) is 8.97. The molecule has 1 N–H and O–H groups in total. The van der Waals surface area contributed by atoms with E-state index in [0.717, 1.165) is 6.42 Å². The summed E-state index contributed by atoms with van der Waals surface area (Å²) in [7, 11) is 1.67. The smallest absolute Gasteiger partial charge is 0.146 e. The Morgan fingerprint density at radius 2 is 1.74 bits per heavy atom. The van der Waals surface area contributed by atoms with Crippen LogP contribution in [0.2, 0.25) is 0 Å². The number of para-hydroxylation sites is 1. The van der Waals surface area contributed by atoms with Gasteiger partial charge in [-0.1, -0.05) is 12.1 Å². The van der Waals surface area contributed by atoms with Gasteiger partial charge in [-0.05, 0) is 18.6 Å². The van der Waals surface area contributed by atoms with Gasteiger partial charge in [-0.3, -0.25) is 0 Å². The van der Waals surface area contributed by atoms with E-state index < -0.39 is 0 Å². The number of hydrogen-bond donors (Lipinski definition) is 1. The van der Waals surface area contributed by atoms with Crippen LogP contribution in [0.3, 0.4) is 0 Å². The van der Waals surface area contributed by atoms with Gasteiger partial charge in [0.05, 0.1) is 25.5 Å². The third-order valence-corrected chi connectivity index (χ3v) is 2.44. The molecule has 108 valence electrons. The lowest BCUT2D eigenvalue weighted by Gasteiger charge is -2.08. The zero-order valence-corrected chi connectivity index (χ0v) is 11.4. The van der Waals surface area contributed by atoms with E-state index in [9.17, 15) is 4.39 Å². The molecule has 1 aromatic rings. The molecule has 0 radical (unpaired) electrons. The largest absolute Gasteiger partial charge is 0.385 e. The number of anilines is 1. The molecule has 1 rings (SSSR count). The highest BCUT2D eigenvalue weighted by Crippen LogP contribution is 2.11. The van der Waals surface area contributed by atoms with Gasteiger partial charge in [0.1, 0.15) is 5.82 Å². The summed E-state index contributed by atoms with van der Waals surface area (Å²) in [6.07, 6.45) is 0.894. The van der Waals surface area contributed by atoms with Crippen molar-refractivity contribution in [2.75, 3.05) is 52.0 Å². The van der Waals surface area contributed by atoms with E-state index in [1.807, 2.05) is 0 Å². The highest BCUT2D eigenvalue weighted by Gasteiger charge is 1.98. The Hall–Kier alpha value is -1.17. The van der Waals surface area contributed by atoms with Gasteiger partial charge in [0.15, 0.2) is 0 Å². The van der Waals surface area contributed by atoms with Crippen molar-refractivity contribution in [2.45, 2.75) is 6.42 Å². The summed E-state index contributed by atoms with van der Waals surface area (Å²) in [5, 5.41) is 2.97. The van der Waals surface area contributed by atoms with Crippen LogP contribution >= 0.6 is 0 Å². The first kappa shape index (κ1) is 15.9. The predicted octanol–water partition coefficient (Wildman–Crippen LogP) is 2.31.